The number of carbonyl (C=O) groups excluding carboxylic acids is 2. The van der Waals surface area contributed by atoms with Crippen molar-refractivity contribution >= 4 is 23.3 Å². The third kappa shape index (κ3) is 3.31. The number of hydrogen-bond acceptors (Lipinski definition) is 5. The standard InChI is InChI=1S/C15H18N6O2/c1-10(22)18-14-4-7-21(19-14)12-3-6-20(9-12)11-2-5-17-13(8-11)15(16)23/h2,4-5,7-8,12H,3,6,9H2,1H3,(H2,16,23)(H,18,19,22). The summed E-state index contributed by atoms with van der Waals surface area (Å²) in [6.07, 6.45) is 4.38. The summed E-state index contributed by atoms with van der Waals surface area (Å²) in [5.41, 5.74) is 6.46. The summed E-state index contributed by atoms with van der Waals surface area (Å²) in [6.45, 7) is 3.07. The number of nitrogens with one attached hydrogen (secondary N) is 1. The number of hydrogen-bond donors (Lipinski definition) is 2. The molecule has 2 aromatic heterocycles. The van der Waals surface area contributed by atoms with Crippen LogP contribution in [0.15, 0.2) is 30.6 Å². The van der Waals surface area contributed by atoms with Gasteiger partial charge in [-0.1, -0.05) is 0 Å². The van der Waals surface area contributed by atoms with Gasteiger partial charge in [0, 0.05) is 44.2 Å². The zero-order chi connectivity index (χ0) is 16.4. The lowest BCUT2D eigenvalue weighted by atomic mass is 10.3. The first kappa shape index (κ1) is 15.0. The van der Waals surface area contributed by atoms with E-state index in [9.17, 15) is 9.59 Å². The molecule has 0 bridgehead atoms. The smallest absolute Gasteiger partial charge is 0.267 e. The van der Waals surface area contributed by atoms with Gasteiger partial charge in [-0.05, 0) is 18.6 Å². The Labute approximate surface area is 133 Å². The van der Waals surface area contributed by atoms with E-state index in [1.54, 1.807) is 18.3 Å². The van der Waals surface area contributed by atoms with Crippen molar-refractivity contribution in [3.63, 3.8) is 0 Å². The van der Waals surface area contributed by atoms with E-state index in [1.165, 1.54) is 6.92 Å². The first-order chi connectivity index (χ1) is 11.0. The van der Waals surface area contributed by atoms with Crippen LogP contribution >= 0.6 is 0 Å². The van der Waals surface area contributed by atoms with Crippen LogP contribution in [0.25, 0.3) is 0 Å². The fourth-order valence-corrected chi connectivity index (χ4v) is 2.73. The lowest BCUT2D eigenvalue weighted by Crippen LogP contribution is -2.22. The molecule has 1 saturated heterocycles. The van der Waals surface area contributed by atoms with E-state index in [0.717, 1.165) is 25.2 Å². The van der Waals surface area contributed by atoms with Crippen molar-refractivity contribution < 1.29 is 9.59 Å². The second kappa shape index (κ2) is 6.07. The van der Waals surface area contributed by atoms with Gasteiger partial charge in [0.1, 0.15) is 5.69 Å². The molecule has 1 unspecified atom stereocenters. The highest BCUT2D eigenvalue weighted by atomic mass is 16.1. The Morgan fingerprint density at radius 1 is 1.39 bits per heavy atom. The number of pyridine rings is 1. The Kier molecular flexibility index (Phi) is 3.96. The molecule has 1 aliphatic rings. The Hall–Kier alpha value is -2.90. The summed E-state index contributed by atoms with van der Waals surface area (Å²) in [5.74, 6) is -0.121. The molecule has 3 N–H and O–H groups in total. The van der Waals surface area contributed by atoms with Gasteiger partial charge in [0.25, 0.3) is 5.91 Å². The predicted octanol–water partition coefficient (Wildman–Crippen LogP) is 0.787. The van der Waals surface area contributed by atoms with E-state index in [2.05, 4.69) is 20.3 Å². The molecule has 0 aromatic carbocycles. The molecule has 23 heavy (non-hydrogen) atoms. The van der Waals surface area contributed by atoms with Crippen LogP contribution in [0.1, 0.15) is 29.9 Å². The predicted molar refractivity (Wildman–Crippen MR) is 85.2 cm³/mol. The number of aromatic nitrogens is 3. The van der Waals surface area contributed by atoms with E-state index >= 15 is 0 Å². The summed E-state index contributed by atoms with van der Waals surface area (Å²) >= 11 is 0. The van der Waals surface area contributed by atoms with Crippen molar-refractivity contribution in [3.8, 4) is 0 Å². The third-order valence-corrected chi connectivity index (χ3v) is 3.81. The molecule has 8 nitrogen and oxygen atoms in total. The Morgan fingerprint density at radius 3 is 2.96 bits per heavy atom. The number of nitrogens with zero attached hydrogens (tertiary/aromatic N) is 4. The van der Waals surface area contributed by atoms with Gasteiger partial charge in [0.2, 0.25) is 5.91 Å². The van der Waals surface area contributed by atoms with Gasteiger partial charge in [-0.25, -0.2) is 0 Å². The van der Waals surface area contributed by atoms with Crippen LogP contribution in [0.3, 0.4) is 0 Å². The van der Waals surface area contributed by atoms with Gasteiger partial charge in [0.15, 0.2) is 5.82 Å². The van der Waals surface area contributed by atoms with Gasteiger partial charge >= 0.3 is 0 Å². The number of rotatable bonds is 4. The molecule has 8 heteroatoms. The molecular formula is C15H18N6O2. The van der Waals surface area contributed by atoms with Gasteiger partial charge in [-0.3, -0.25) is 19.3 Å². The highest BCUT2D eigenvalue weighted by Gasteiger charge is 2.25. The van der Waals surface area contributed by atoms with Crippen LogP contribution in [0.5, 0.6) is 0 Å². The monoisotopic (exact) mass is 314 g/mol. The molecule has 2 aromatic rings. The van der Waals surface area contributed by atoms with Crippen molar-refractivity contribution in [2.24, 2.45) is 5.73 Å². The average Bonchev–Trinajstić information content (AvgIpc) is 3.15. The van der Waals surface area contributed by atoms with Crippen LogP contribution in [0.4, 0.5) is 11.5 Å². The molecule has 0 aliphatic carbocycles. The Morgan fingerprint density at radius 2 is 2.22 bits per heavy atom. The minimum Gasteiger partial charge on any atom is -0.369 e. The topological polar surface area (TPSA) is 106 Å². The number of primary amides is 1. The molecular weight excluding hydrogens is 296 g/mol. The van der Waals surface area contributed by atoms with Gasteiger partial charge in [-0.15, -0.1) is 0 Å². The van der Waals surface area contributed by atoms with E-state index in [1.807, 2.05) is 16.9 Å². The highest BCUT2D eigenvalue weighted by molar-refractivity contribution is 5.91. The minimum atomic E-state index is -0.533. The normalized spacial score (nSPS) is 17.3. The van der Waals surface area contributed by atoms with Gasteiger partial charge in [-0.2, -0.15) is 5.10 Å². The summed E-state index contributed by atoms with van der Waals surface area (Å²) in [6, 6.07) is 5.56. The molecule has 0 saturated carbocycles. The molecule has 0 radical (unpaired) electrons. The average molecular weight is 314 g/mol. The van der Waals surface area contributed by atoms with E-state index in [0.29, 0.717) is 5.82 Å². The minimum absolute atomic E-state index is 0.140. The first-order valence-electron chi connectivity index (χ1n) is 7.36. The lowest BCUT2D eigenvalue weighted by Gasteiger charge is -2.19. The van der Waals surface area contributed by atoms with Gasteiger partial charge < -0.3 is 16.0 Å². The van der Waals surface area contributed by atoms with Crippen molar-refractivity contribution in [3.05, 3.63) is 36.3 Å². The summed E-state index contributed by atoms with van der Waals surface area (Å²) in [7, 11) is 0. The fraction of sp³-hybridized carbons (Fsp3) is 0.333. The quantitative estimate of drug-likeness (QED) is 0.867. The fourth-order valence-electron chi connectivity index (χ4n) is 2.73. The first-order valence-corrected chi connectivity index (χ1v) is 7.36. The summed E-state index contributed by atoms with van der Waals surface area (Å²) in [4.78, 5) is 28.4. The Balaban J connectivity index is 1.71. The number of nitrogens with two attached hydrogens (primary N) is 1. The second-order valence-electron chi connectivity index (χ2n) is 5.51. The second-order valence-corrected chi connectivity index (χ2v) is 5.51. The zero-order valence-electron chi connectivity index (χ0n) is 12.8. The molecule has 2 amide bonds. The molecule has 120 valence electrons. The third-order valence-electron chi connectivity index (χ3n) is 3.81. The van der Waals surface area contributed by atoms with Crippen LogP contribution in [0.2, 0.25) is 0 Å². The number of anilines is 2. The zero-order valence-corrected chi connectivity index (χ0v) is 12.8. The van der Waals surface area contributed by atoms with Crippen LogP contribution in [0, 0.1) is 0 Å². The van der Waals surface area contributed by atoms with Gasteiger partial charge in [0.05, 0.1) is 6.04 Å². The van der Waals surface area contributed by atoms with Crippen molar-refractivity contribution in [1.82, 2.24) is 14.8 Å². The van der Waals surface area contributed by atoms with Crippen molar-refractivity contribution in [1.29, 1.82) is 0 Å². The van der Waals surface area contributed by atoms with E-state index in [4.69, 9.17) is 5.73 Å². The molecule has 0 spiro atoms. The molecule has 3 heterocycles. The maximum Gasteiger partial charge on any atom is 0.267 e. The SMILES string of the molecule is CC(=O)Nc1ccn(C2CCN(c3ccnc(C(N)=O)c3)C2)n1. The van der Waals surface area contributed by atoms with Crippen molar-refractivity contribution in [2.45, 2.75) is 19.4 Å². The molecule has 1 aliphatic heterocycles. The number of carbonyl (C=O) groups is 2. The maximum atomic E-state index is 11.2. The summed E-state index contributed by atoms with van der Waals surface area (Å²) < 4.78 is 1.86. The lowest BCUT2D eigenvalue weighted by molar-refractivity contribution is -0.114. The van der Waals surface area contributed by atoms with E-state index < -0.39 is 5.91 Å². The Bertz CT molecular complexity index is 741. The maximum absolute atomic E-state index is 11.2. The van der Waals surface area contributed by atoms with Crippen LogP contribution < -0.4 is 16.0 Å². The largest absolute Gasteiger partial charge is 0.369 e. The van der Waals surface area contributed by atoms with E-state index in [-0.39, 0.29) is 17.6 Å². The molecule has 3 rings (SSSR count). The van der Waals surface area contributed by atoms with Crippen molar-refractivity contribution in [2.75, 3.05) is 23.3 Å². The number of amides is 2. The summed E-state index contributed by atoms with van der Waals surface area (Å²) in [5, 5.41) is 7.05. The van der Waals surface area contributed by atoms with Crippen LogP contribution in [-0.4, -0.2) is 39.7 Å². The molecule has 1 atom stereocenters. The van der Waals surface area contributed by atoms with Crippen LogP contribution in [-0.2, 0) is 4.79 Å². The highest BCUT2D eigenvalue weighted by Crippen LogP contribution is 2.27. The molecule has 1 fully saturated rings.